The molecule has 0 spiro atoms. The van der Waals surface area contributed by atoms with Gasteiger partial charge in [0.05, 0.1) is 0 Å². The molecule has 0 heterocycles. The van der Waals surface area contributed by atoms with E-state index >= 15 is 0 Å². The number of hydrogen-bond donors (Lipinski definition) is 0. The van der Waals surface area contributed by atoms with Crippen LogP contribution in [0.5, 0.6) is 0 Å². The molecule has 0 radical (unpaired) electrons. The number of thioether (sulfide) groups is 2. The summed E-state index contributed by atoms with van der Waals surface area (Å²) in [4.78, 5) is 26.4. The van der Waals surface area contributed by atoms with Crippen molar-refractivity contribution in [3.8, 4) is 0 Å². The average Bonchev–Trinajstić information content (AvgIpc) is 2.90. The van der Waals surface area contributed by atoms with Crippen LogP contribution >= 0.6 is 23.5 Å². The number of carbonyl (C=O) groups excluding carboxylic acids is 2. The summed E-state index contributed by atoms with van der Waals surface area (Å²) in [6.07, 6.45) is 18.9. The Hall–Kier alpha value is 0.439. The first kappa shape index (κ1) is 43.4. The van der Waals surface area contributed by atoms with Gasteiger partial charge in [0.1, 0.15) is 0 Å². The van der Waals surface area contributed by atoms with Crippen molar-refractivity contribution >= 4 is 54.7 Å². The molecule has 0 atom stereocenters. The van der Waals surface area contributed by atoms with E-state index in [9.17, 15) is 9.59 Å². The summed E-state index contributed by atoms with van der Waals surface area (Å²) in [5.74, 6) is 5.39. The zero-order valence-corrected chi connectivity index (χ0v) is 34.3. The van der Waals surface area contributed by atoms with Gasteiger partial charge in [0.25, 0.3) is 0 Å². The molecule has 0 aliphatic heterocycles. The van der Waals surface area contributed by atoms with E-state index in [1.165, 1.54) is 64.2 Å². The van der Waals surface area contributed by atoms with E-state index < -0.39 is 19.2 Å². The summed E-state index contributed by atoms with van der Waals surface area (Å²) < 4.78 is 14.4. The minimum atomic E-state index is -3.94. The molecule has 0 aliphatic rings. The molecule has 0 bridgehead atoms. The normalized spacial score (nSPS) is 12.2. The molecule has 7 heteroatoms. The Kier molecular flexibility index (Phi) is 28.9. The van der Waals surface area contributed by atoms with Gasteiger partial charge in [-0.25, -0.2) is 0 Å². The quantitative estimate of drug-likeness (QED) is 0.0538. The van der Waals surface area contributed by atoms with E-state index in [-0.39, 0.29) is 11.9 Å². The van der Waals surface area contributed by atoms with Gasteiger partial charge in [0.15, 0.2) is 0 Å². The second kappa shape index (κ2) is 28.6. The molecule has 0 saturated carbocycles. The third kappa shape index (κ3) is 29.6. The summed E-state index contributed by atoms with van der Waals surface area (Å²) in [6, 6.07) is 0. The fourth-order valence-electron chi connectivity index (χ4n) is 5.25. The summed E-state index contributed by atoms with van der Waals surface area (Å²) >= 11 is -0.565. The van der Waals surface area contributed by atoms with Crippen LogP contribution in [0.4, 0.5) is 0 Å². The standard InChI is InChI=1S/2C10H20O2S.2C8H17.Sn/c2*1-9(2)6-4-3-5-7-13-8-10(11)12;2*1-4-5-6-7-8(2)3;/h2*9H,3-8H2,1-2H3,(H,11,12);2*8H,1,4-7H2,2-3H3;/q;;;;+2/p-2. The molecule has 4 nitrogen and oxygen atoms in total. The second-order valence-corrected chi connectivity index (χ2v) is 25.9. The van der Waals surface area contributed by atoms with Gasteiger partial charge in [0, 0.05) is 0 Å². The van der Waals surface area contributed by atoms with Gasteiger partial charge in [-0.1, -0.05) is 0 Å². The maximum atomic E-state index is 13.2. The molecular formula is C36H72O4S2Sn. The summed E-state index contributed by atoms with van der Waals surface area (Å²) in [6.45, 7) is 18.2. The summed E-state index contributed by atoms with van der Waals surface area (Å²) in [5.41, 5.74) is 0. The van der Waals surface area contributed by atoms with Gasteiger partial charge in [0.2, 0.25) is 0 Å². The van der Waals surface area contributed by atoms with E-state index in [1.807, 2.05) is 0 Å². The van der Waals surface area contributed by atoms with Gasteiger partial charge in [-0.05, 0) is 0 Å². The first-order valence-electron chi connectivity index (χ1n) is 18.0. The molecule has 0 rings (SSSR count). The van der Waals surface area contributed by atoms with Crippen molar-refractivity contribution in [2.24, 2.45) is 23.7 Å². The van der Waals surface area contributed by atoms with E-state index in [1.54, 1.807) is 23.5 Å². The van der Waals surface area contributed by atoms with E-state index in [0.717, 1.165) is 70.7 Å². The molecule has 0 fully saturated rings. The Balaban J connectivity index is 5.18. The first-order chi connectivity index (χ1) is 20.5. The average molecular weight is 752 g/mol. The predicted molar refractivity (Wildman–Crippen MR) is 195 cm³/mol. The Morgan fingerprint density at radius 2 is 0.767 bits per heavy atom. The van der Waals surface area contributed by atoms with Crippen molar-refractivity contribution in [1.29, 1.82) is 0 Å². The molecule has 43 heavy (non-hydrogen) atoms. The van der Waals surface area contributed by atoms with Gasteiger partial charge in [-0.15, -0.1) is 0 Å². The van der Waals surface area contributed by atoms with Gasteiger partial charge >= 0.3 is 284 Å². The van der Waals surface area contributed by atoms with Gasteiger partial charge in [-0.2, -0.15) is 0 Å². The molecule has 0 aromatic carbocycles. The number of rotatable bonds is 30. The molecule has 0 aromatic heterocycles. The summed E-state index contributed by atoms with van der Waals surface area (Å²) in [5, 5.41) is 0. The SMILES string of the molecule is CC(C)CCCCCSCC(=O)[O][Sn]([CH2]CCCCC(C)C)([CH2]CCCCC(C)C)[O]C(=O)CSCCCCCC(C)C. The van der Waals surface area contributed by atoms with Crippen LogP contribution in [0.15, 0.2) is 0 Å². The third-order valence-electron chi connectivity index (χ3n) is 7.86. The molecule has 0 aliphatic carbocycles. The van der Waals surface area contributed by atoms with Crippen molar-refractivity contribution in [3.05, 3.63) is 0 Å². The van der Waals surface area contributed by atoms with Crippen LogP contribution in [0.2, 0.25) is 8.87 Å². The zero-order chi connectivity index (χ0) is 32.3. The Labute approximate surface area is 282 Å². The zero-order valence-electron chi connectivity index (χ0n) is 29.8. The Bertz CT molecular complexity index is 614. The fraction of sp³-hybridized carbons (Fsp3) is 0.944. The topological polar surface area (TPSA) is 52.6 Å². The molecule has 0 unspecified atom stereocenters. The fourth-order valence-corrected chi connectivity index (χ4v) is 16.7. The van der Waals surface area contributed by atoms with Crippen molar-refractivity contribution in [3.63, 3.8) is 0 Å². The van der Waals surface area contributed by atoms with Crippen LogP contribution in [-0.4, -0.2) is 54.2 Å². The molecule has 0 aromatic rings. The third-order valence-corrected chi connectivity index (χ3v) is 19.7. The molecule has 0 saturated heterocycles. The summed E-state index contributed by atoms with van der Waals surface area (Å²) in [7, 11) is 0. The van der Waals surface area contributed by atoms with Crippen LogP contribution < -0.4 is 0 Å². The van der Waals surface area contributed by atoms with Crippen LogP contribution in [-0.2, 0) is 15.7 Å². The van der Waals surface area contributed by atoms with Crippen molar-refractivity contribution in [2.75, 3.05) is 23.0 Å². The van der Waals surface area contributed by atoms with Crippen LogP contribution in [0.25, 0.3) is 0 Å². The molecular weight excluding hydrogens is 679 g/mol. The van der Waals surface area contributed by atoms with E-state index in [0.29, 0.717) is 23.3 Å². The van der Waals surface area contributed by atoms with Crippen LogP contribution in [0.1, 0.15) is 158 Å². The molecule has 0 amide bonds. The molecule has 0 N–H and O–H groups in total. The maximum absolute atomic E-state index is 13.2. The van der Waals surface area contributed by atoms with Gasteiger partial charge < -0.3 is 0 Å². The second-order valence-electron chi connectivity index (χ2n) is 14.4. The minimum absolute atomic E-state index is 0.141. The number of carbonyl (C=O) groups is 2. The van der Waals surface area contributed by atoms with Crippen molar-refractivity contribution in [1.82, 2.24) is 0 Å². The predicted octanol–water partition coefficient (Wildman–Crippen LogP) is 11.8. The van der Waals surface area contributed by atoms with Crippen molar-refractivity contribution < 1.29 is 15.7 Å². The van der Waals surface area contributed by atoms with Crippen LogP contribution in [0.3, 0.4) is 0 Å². The number of hydrogen-bond acceptors (Lipinski definition) is 6. The van der Waals surface area contributed by atoms with Gasteiger partial charge in [-0.3, -0.25) is 0 Å². The number of unbranched alkanes of at least 4 members (excludes halogenated alkanes) is 8. The van der Waals surface area contributed by atoms with E-state index in [4.69, 9.17) is 6.15 Å². The van der Waals surface area contributed by atoms with E-state index in [2.05, 4.69) is 55.4 Å². The van der Waals surface area contributed by atoms with Crippen LogP contribution in [0, 0.1) is 23.7 Å². The first-order valence-corrected chi connectivity index (χ1v) is 26.7. The Morgan fingerprint density at radius 3 is 1.07 bits per heavy atom. The molecule has 256 valence electrons. The van der Waals surface area contributed by atoms with Crippen molar-refractivity contribution in [2.45, 2.75) is 167 Å². The Morgan fingerprint density at radius 1 is 0.465 bits per heavy atom. The monoisotopic (exact) mass is 752 g/mol.